The largest absolute Gasteiger partial charge is 0.477 e. The van der Waals surface area contributed by atoms with Gasteiger partial charge >= 0.3 is 5.97 Å². The van der Waals surface area contributed by atoms with Crippen molar-refractivity contribution in [3.8, 4) is 0 Å². The number of fused-ring (bicyclic) bond motifs is 1. The van der Waals surface area contributed by atoms with E-state index in [1.54, 1.807) is 9.47 Å². The Morgan fingerprint density at radius 2 is 1.91 bits per heavy atom. The second-order valence-corrected chi connectivity index (χ2v) is 10.3. The molecule has 3 rings (SSSR count). The Morgan fingerprint density at radius 1 is 1.34 bits per heavy atom. The third-order valence-corrected chi connectivity index (χ3v) is 5.18. The Morgan fingerprint density at radius 3 is 2.34 bits per heavy atom. The zero-order valence-electron chi connectivity index (χ0n) is 18.7. The fourth-order valence-electron chi connectivity index (χ4n) is 3.60. The SMILES string of the molecule is CC[C@H]1CN(c2nc3c(cc2F)c(=O)c(C(=O)O)cn3C(C)(C)C)C[C@@H]1N.CS(=O)(=O)O. The lowest BCUT2D eigenvalue weighted by Gasteiger charge is -2.26. The molecule has 1 aliphatic rings. The van der Waals surface area contributed by atoms with Crippen LogP contribution in [0.4, 0.5) is 10.2 Å². The van der Waals surface area contributed by atoms with Crippen molar-refractivity contribution in [2.75, 3.05) is 24.2 Å². The number of anilines is 1. The molecule has 1 aliphatic heterocycles. The fraction of sp³-hybridized carbons (Fsp3) is 0.550. The third-order valence-electron chi connectivity index (χ3n) is 5.18. The smallest absolute Gasteiger partial charge is 0.341 e. The van der Waals surface area contributed by atoms with E-state index in [0.29, 0.717) is 19.3 Å². The monoisotopic (exact) mass is 472 g/mol. The zero-order chi connectivity index (χ0) is 24.6. The van der Waals surface area contributed by atoms with Gasteiger partial charge in [-0.3, -0.25) is 9.35 Å². The molecule has 12 heteroatoms. The van der Waals surface area contributed by atoms with E-state index in [1.807, 2.05) is 27.7 Å². The molecule has 0 amide bonds. The van der Waals surface area contributed by atoms with Crippen LogP contribution in [-0.2, 0) is 15.7 Å². The van der Waals surface area contributed by atoms with E-state index in [4.69, 9.17) is 10.3 Å². The molecule has 0 unspecified atom stereocenters. The average Bonchev–Trinajstić information content (AvgIpc) is 2.99. The number of pyridine rings is 2. The molecule has 2 aromatic heterocycles. The molecule has 32 heavy (non-hydrogen) atoms. The van der Waals surface area contributed by atoms with Crippen molar-refractivity contribution in [3.63, 3.8) is 0 Å². The van der Waals surface area contributed by atoms with Gasteiger partial charge in [-0.1, -0.05) is 13.3 Å². The van der Waals surface area contributed by atoms with Gasteiger partial charge in [0.25, 0.3) is 10.1 Å². The summed E-state index contributed by atoms with van der Waals surface area (Å²) in [5.74, 6) is -1.59. The van der Waals surface area contributed by atoms with E-state index >= 15 is 0 Å². The molecule has 2 atom stereocenters. The summed E-state index contributed by atoms with van der Waals surface area (Å²) in [6, 6.07) is 1.03. The molecule has 0 saturated carbocycles. The van der Waals surface area contributed by atoms with Gasteiger partial charge in [0.1, 0.15) is 11.2 Å². The Bertz CT molecular complexity index is 1180. The maximum absolute atomic E-state index is 14.8. The van der Waals surface area contributed by atoms with E-state index < -0.39 is 38.4 Å². The lowest BCUT2D eigenvalue weighted by molar-refractivity contribution is 0.0694. The Hall–Kier alpha value is -2.57. The van der Waals surface area contributed by atoms with Gasteiger partial charge in [-0.15, -0.1) is 0 Å². The molecule has 0 bridgehead atoms. The molecule has 3 heterocycles. The van der Waals surface area contributed by atoms with Crippen LogP contribution in [0.2, 0.25) is 0 Å². The fourth-order valence-corrected chi connectivity index (χ4v) is 3.60. The van der Waals surface area contributed by atoms with Gasteiger partial charge in [0.2, 0.25) is 5.43 Å². The third kappa shape index (κ3) is 5.81. The molecular weight excluding hydrogens is 443 g/mol. The van der Waals surface area contributed by atoms with Gasteiger partial charge in [0, 0.05) is 30.9 Å². The molecule has 0 aromatic carbocycles. The predicted octanol–water partition coefficient (Wildman–Crippen LogP) is 1.67. The lowest BCUT2D eigenvalue weighted by atomic mass is 10.0. The molecule has 1 fully saturated rings. The highest BCUT2D eigenvalue weighted by atomic mass is 32.2. The van der Waals surface area contributed by atoms with Crippen LogP contribution in [0.1, 0.15) is 44.5 Å². The Labute approximate surface area is 185 Å². The molecule has 0 radical (unpaired) electrons. The summed E-state index contributed by atoms with van der Waals surface area (Å²) in [4.78, 5) is 30.3. The van der Waals surface area contributed by atoms with E-state index in [2.05, 4.69) is 4.98 Å². The van der Waals surface area contributed by atoms with Crippen molar-refractivity contribution >= 4 is 32.9 Å². The Kier molecular flexibility index (Phi) is 7.32. The average molecular weight is 473 g/mol. The number of halogens is 1. The van der Waals surface area contributed by atoms with Crippen molar-refractivity contribution in [1.82, 2.24) is 9.55 Å². The number of hydrogen-bond donors (Lipinski definition) is 3. The molecule has 0 aliphatic carbocycles. The van der Waals surface area contributed by atoms with Crippen molar-refractivity contribution in [2.24, 2.45) is 11.7 Å². The maximum atomic E-state index is 14.8. The summed E-state index contributed by atoms with van der Waals surface area (Å²) in [5.41, 5.74) is 4.72. The minimum atomic E-state index is -3.67. The van der Waals surface area contributed by atoms with Gasteiger partial charge in [-0.2, -0.15) is 8.42 Å². The lowest BCUT2D eigenvalue weighted by Crippen LogP contribution is -2.31. The van der Waals surface area contributed by atoms with Gasteiger partial charge in [-0.05, 0) is 32.8 Å². The van der Waals surface area contributed by atoms with Crippen LogP contribution in [0, 0.1) is 11.7 Å². The van der Waals surface area contributed by atoms with E-state index in [1.165, 1.54) is 6.20 Å². The van der Waals surface area contributed by atoms with Crippen molar-refractivity contribution < 1.29 is 27.3 Å². The molecule has 4 N–H and O–H groups in total. The van der Waals surface area contributed by atoms with Crippen molar-refractivity contribution in [3.05, 3.63) is 33.9 Å². The van der Waals surface area contributed by atoms with Crippen LogP contribution in [-0.4, -0.2) is 59.0 Å². The zero-order valence-corrected chi connectivity index (χ0v) is 19.5. The number of nitrogens with zero attached hydrogens (tertiary/aromatic N) is 3. The number of carboxylic acids is 1. The number of nitrogens with two attached hydrogens (primary N) is 1. The van der Waals surface area contributed by atoms with E-state index in [0.717, 1.165) is 12.5 Å². The highest BCUT2D eigenvalue weighted by molar-refractivity contribution is 7.85. The van der Waals surface area contributed by atoms with Crippen molar-refractivity contribution in [2.45, 2.75) is 45.7 Å². The molecule has 0 spiro atoms. The summed E-state index contributed by atoms with van der Waals surface area (Å²) in [7, 11) is -3.67. The Balaban J connectivity index is 0.000000654. The van der Waals surface area contributed by atoms with E-state index in [9.17, 15) is 27.5 Å². The minimum absolute atomic E-state index is 0.0402. The van der Waals surface area contributed by atoms with Crippen LogP contribution in [0.5, 0.6) is 0 Å². The maximum Gasteiger partial charge on any atom is 0.341 e. The van der Waals surface area contributed by atoms with Gasteiger partial charge in [-0.25, -0.2) is 14.2 Å². The number of carboxylic acid groups (broad SMARTS) is 1. The van der Waals surface area contributed by atoms with Gasteiger partial charge < -0.3 is 20.3 Å². The minimum Gasteiger partial charge on any atom is -0.477 e. The number of hydrogen-bond acceptors (Lipinski definition) is 7. The highest BCUT2D eigenvalue weighted by Gasteiger charge is 2.32. The normalized spacial score (nSPS) is 19.1. The van der Waals surface area contributed by atoms with E-state index in [-0.39, 0.29) is 28.8 Å². The number of aromatic nitrogens is 2. The second-order valence-electron chi connectivity index (χ2n) is 8.85. The molecule has 2 aromatic rings. The highest BCUT2D eigenvalue weighted by Crippen LogP contribution is 2.29. The first kappa shape index (κ1) is 25.7. The number of carbonyl (C=O) groups is 1. The summed E-state index contributed by atoms with van der Waals surface area (Å²) >= 11 is 0. The molecule has 10 nitrogen and oxygen atoms in total. The molecule has 1 saturated heterocycles. The quantitative estimate of drug-likeness (QED) is 0.565. The summed E-state index contributed by atoms with van der Waals surface area (Å²) in [6.07, 6.45) is 2.89. The predicted molar refractivity (Wildman–Crippen MR) is 119 cm³/mol. The van der Waals surface area contributed by atoms with Gasteiger partial charge in [0.05, 0.1) is 11.6 Å². The number of aromatic carboxylic acids is 1. The summed E-state index contributed by atoms with van der Waals surface area (Å²) in [6.45, 7) is 8.73. The second kappa shape index (κ2) is 9.12. The summed E-state index contributed by atoms with van der Waals surface area (Å²) < 4.78 is 42.3. The van der Waals surface area contributed by atoms with Crippen LogP contribution in [0.15, 0.2) is 17.1 Å². The number of rotatable bonds is 3. The van der Waals surface area contributed by atoms with Crippen LogP contribution < -0.4 is 16.1 Å². The first-order chi connectivity index (χ1) is 14.5. The van der Waals surface area contributed by atoms with Crippen LogP contribution in [0.25, 0.3) is 11.0 Å². The van der Waals surface area contributed by atoms with Gasteiger partial charge in [0.15, 0.2) is 11.6 Å². The summed E-state index contributed by atoms with van der Waals surface area (Å²) in [5, 5.41) is 9.31. The molecule has 178 valence electrons. The first-order valence-corrected chi connectivity index (χ1v) is 11.8. The topological polar surface area (TPSA) is 156 Å². The molecular formula is C20H29FN4O6S. The van der Waals surface area contributed by atoms with Crippen molar-refractivity contribution in [1.29, 1.82) is 0 Å². The van der Waals surface area contributed by atoms with Crippen LogP contribution in [0.3, 0.4) is 0 Å². The van der Waals surface area contributed by atoms with Crippen LogP contribution >= 0.6 is 0 Å². The first-order valence-electron chi connectivity index (χ1n) is 9.97. The standard InChI is InChI=1S/C19H25FN4O3.CH4O3S/c1-5-10-7-23(9-14(10)21)17-13(20)6-11-15(25)12(18(26)27)8-24(16(11)22-17)19(2,3)4;1-5(2,3)4/h6,8,10,14H,5,7,9,21H2,1-4H3,(H,26,27);1H3,(H,2,3,4)/t10-,14-;/m0./s1.